The summed E-state index contributed by atoms with van der Waals surface area (Å²) in [7, 11) is 0. The number of benzene rings is 1. The van der Waals surface area contributed by atoms with Crippen LogP contribution in [0.2, 0.25) is 0 Å². The molecule has 116 valence electrons. The summed E-state index contributed by atoms with van der Waals surface area (Å²) in [6.07, 6.45) is 1.27. The van der Waals surface area contributed by atoms with E-state index in [0.29, 0.717) is 32.5 Å². The number of hydrogen-bond donors (Lipinski definition) is 2. The Morgan fingerprint density at radius 2 is 1.95 bits per heavy atom. The van der Waals surface area contributed by atoms with Crippen LogP contribution in [0.5, 0.6) is 0 Å². The summed E-state index contributed by atoms with van der Waals surface area (Å²) < 4.78 is 18.1. The smallest absolute Gasteiger partial charge is 0.305 e. The predicted molar refractivity (Wildman–Crippen MR) is 78.4 cm³/mol. The molecule has 0 fully saturated rings. The van der Waals surface area contributed by atoms with Gasteiger partial charge in [-0.15, -0.1) is 0 Å². The third-order valence-electron chi connectivity index (χ3n) is 2.72. The van der Waals surface area contributed by atoms with Crippen molar-refractivity contribution in [1.29, 1.82) is 0 Å². The molecular formula is C15H21FN2O3. The van der Waals surface area contributed by atoms with E-state index in [4.69, 9.17) is 4.74 Å². The van der Waals surface area contributed by atoms with Gasteiger partial charge in [0.25, 0.3) is 0 Å². The van der Waals surface area contributed by atoms with E-state index in [2.05, 4.69) is 10.6 Å². The number of halogens is 1. The van der Waals surface area contributed by atoms with E-state index in [1.165, 1.54) is 12.1 Å². The van der Waals surface area contributed by atoms with Crippen LogP contribution >= 0.6 is 0 Å². The van der Waals surface area contributed by atoms with Crippen LogP contribution in [0.25, 0.3) is 0 Å². The first kappa shape index (κ1) is 17.1. The van der Waals surface area contributed by atoms with Crippen LogP contribution in [-0.2, 0) is 14.3 Å². The maximum Gasteiger partial charge on any atom is 0.305 e. The summed E-state index contributed by atoms with van der Waals surface area (Å²) in [5, 5.41) is 5.56. The lowest BCUT2D eigenvalue weighted by atomic mass is 10.3. The number of hydrogen-bond acceptors (Lipinski definition) is 4. The Kier molecular flexibility index (Phi) is 8.04. The zero-order valence-electron chi connectivity index (χ0n) is 12.2. The first-order valence-electron chi connectivity index (χ1n) is 7.04. The highest BCUT2D eigenvalue weighted by Gasteiger charge is 2.06. The number of amides is 1. The topological polar surface area (TPSA) is 67.4 Å². The Hall–Kier alpha value is -1.95. The molecule has 0 radical (unpaired) electrons. The van der Waals surface area contributed by atoms with Crippen LogP contribution in [0.15, 0.2) is 24.3 Å². The molecule has 0 aliphatic rings. The van der Waals surface area contributed by atoms with Crippen molar-refractivity contribution in [1.82, 2.24) is 5.32 Å². The Morgan fingerprint density at radius 3 is 2.67 bits per heavy atom. The number of carbonyl (C=O) groups excluding carboxylic acids is 2. The van der Waals surface area contributed by atoms with E-state index < -0.39 is 5.82 Å². The third-order valence-corrected chi connectivity index (χ3v) is 2.72. The zero-order valence-corrected chi connectivity index (χ0v) is 12.2. The Balaban J connectivity index is 2.09. The van der Waals surface area contributed by atoms with Gasteiger partial charge in [0.05, 0.1) is 12.3 Å². The fourth-order valence-corrected chi connectivity index (χ4v) is 1.69. The van der Waals surface area contributed by atoms with Gasteiger partial charge in [0.1, 0.15) is 5.82 Å². The zero-order chi connectivity index (χ0) is 15.5. The summed E-state index contributed by atoms with van der Waals surface area (Å²) in [5.41, 5.74) is 0.185. The molecule has 1 aromatic carbocycles. The maximum absolute atomic E-state index is 13.3. The largest absolute Gasteiger partial charge is 0.466 e. The minimum Gasteiger partial charge on any atom is -0.466 e. The highest BCUT2D eigenvalue weighted by Crippen LogP contribution is 2.12. The molecule has 0 bridgehead atoms. The van der Waals surface area contributed by atoms with Gasteiger partial charge in [0.2, 0.25) is 5.91 Å². The molecule has 0 spiro atoms. The van der Waals surface area contributed by atoms with Crippen molar-refractivity contribution >= 4 is 17.6 Å². The van der Waals surface area contributed by atoms with Crippen molar-refractivity contribution in [3.63, 3.8) is 0 Å². The van der Waals surface area contributed by atoms with E-state index in [1.54, 1.807) is 19.1 Å². The van der Waals surface area contributed by atoms with E-state index in [1.807, 2.05) is 0 Å². The normalized spacial score (nSPS) is 10.2. The van der Waals surface area contributed by atoms with Gasteiger partial charge in [0, 0.05) is 19.4 Å². The Morgan fingerprint density at radius 1 is 1.19 bits per heavy atom. The SMILES string of the molecule is CCOC(=O)CCCNCCC(=O)Nc1ccccc1F. The fourth-order valence-electron chi connectivity index (χ4n) is 1.69. The molecule has 0 heterocycles. The molecule has 1 amide bonds. The van der Waals surface area contributed by atoms with Gasteiger partial charge in [-0.2, -0.15) is 0 Å². The lowest BCUT2D eigenvalue weighted by Gasteiger charge is -2.07. The van der Waals surface area contributed by atoms with Crippen molar-refractivity contribution in [3.8, 4) is 0 Å². The lowest BCUT2D eigenvalue weighted by Crippen LogP contribution is -2.23. The lowest BCUT2D eigenvalue weighted by molar-refractivity contribution is -0.143. The van der Waals surface area contributed by atoms with Crippen molar-refractivity contribution < 1.29 is 18.7 Å². The Bertz CT molecular complexity index is 466. The molecular weight excluding hydrogens is 275 g/mol. The highest BCUT2D eigenvalue weighted by atomic mass is 19.1. The second kappa shape index (κ2) is 9.88. The number of anilines is 1. The minimum atomic E-state index is -0.451. The van der Waals surface area contributed by atoms with Crippen LogP contribution < -0.4 is 10.6 Å². The van der Waals surface area contributed by atoms with Gasteiger partial charge in [-0.3, -0.25) is 9.59 Å². The molecule has 0 saturated carbocycles. The predicted octanol–water partition coefficient (Wildman–Crippen LogP) is 2.09. The number of esters is 1. The molecule has 21 heavy (non-hydrogen) atoms. The van der Waals surface area contributed by atoms with Crippen LogP contribution in [0, 0.1) is 5.82 Å². The van der Waals surface area contributed by atoms with Gasteiger partial charge in [0.15, 0.2) is 0 Å². The quantitative estimate of drug-likeness (QED) is 0.541. The second-order valence-corrected chi connectivity index (χ2v) is 4.44. The summed E-state index contributed by atoms with van der Waals surface area (Å²) in [5.74, 6) is -0.914. The number of nitrogens with one attached hydrogen (secondary N) is 2. The van der Waals surface area contributed by atoms with Crippen molar-refractivity contribution in [2.24, 2.45) is 0 Å². The van der Waals surface area contributed by atoms with Gasteiger partial charge in [-0.1, -0.05) is 12.1 Å². The number of ether oxygens (including phenoxy) is 1. The first-order chi connectivity index (χ1) is 10.1. The Labute approximate surface area is 123 Å². The van der Waals surface area contributed by atoms with Crippen molar-refractivity contribution in [2.45, 2.75) is 26.2 Å². The van der Waals surface area contributed by atoms with Crippen molar-refractivity contribution in [2.75, 3.05) is 25.0 Å². The summed E-state index contributed by atoms with van der Waals surface area (Å²) >= 11 is 0. The molecule has 0 aliphatic heterocycles. The number of rotatable bonds is 9. The fraction of sp³-hybridized carbons (Fsp3) is 0.467. The molecule has 0 aromatic heterocycles. The molecule has 1 rings (SSSR count). The first-order valence-corrected chi connectivity index (χ1v) is 7.04. The molecule has 0 unspecified atom stereocenters. The monoisotopic (exact) mass is 296 g/mol. The standard InChI is InChI=1S/C15H21FN2O3/c1-2-21-15(20)8-5-10-17-11-9-14(19)18-13-7-4-3-6-12(13)16/h3-4,6-7,17H,2,5,8-11H2,1H3,(H,18,19). The average Bonchev–Trinajstić information content (AvgIpc) is 2.45. The second-order valence-electron chi connectivity index (χ2n) is 4.44. The number of para-hydroxylation sites is 1. The molecule has 1 aromatic rings. The van der Waals surface area contributed by atoms with Crippen LogP contribution in [0.4, 0.5) is 10.1 Å². The molecule has 0 aliphatic carbocycles. The summed E-state index contributed by atoms with van der Waals surface area (Å²) in [6, 6.07) is 6.03. The molecule has 6 heteroatoms. The van der Waals surface area contributed by atoms with Crippen LogP contribution in [0.3, 0.4) is 0 Å². The highest BCUT2D eigenvalue weighted by molar-refractivity contribution is 5.90. The summed E-state index contributed by atoms with van der Waals surface area (Å²) in [6.45, 7) is 3.27. The molecule has 2 N–H and O–H groups in total. The molecule has 5 nitrogen and oxygen atoms in total. The third kappa shape index (κ3) is 7.41. The van der Waals surface area contributed by atoms with E-state index in [0.717, 1.165) is 0 Å². The minimum absolute atomic E-state index is 0.185. The van der Waals surface area contributed by atoms with Gasteiger partial charge in [-0.05, 0) is 32.0 Å². The maximum atomic E-state index is 13.3. The number of carbonyl (C=O) groups is 2. The summed E-state index contributed by atoms with van der Waals surface area (Å²) in [4.78, 5) is 22.7. The average molecular weight is 296 g/mol. The van der Waals surface area contributed by atoms with Gasteiger partial charge >= 0.3 is 5.97 Å². The molecule has 0 atom stereocenters. The van der Waals surface area contributed by atoms with Gasteiger partial charge in [-0.25, -0.2) is 4.39 Å². The van der Waals surface area contributed by atoms with Crippen LogP contribution in [-0.4, -0.2) is 31.6 Å². The van der Waals surface area contributed by atoms with Gasteiger partial charge < -0.3 is 15.4 Å². The van der Waals surface area contributed by atoms with E-state index in [-0.39, 0.29) is 24.0 Å². The van der Waals surface area contributed by atoms with E-state index >= 15 is 0 Å². The van der Waals surface area contributed by atoms with Crippen molar-refractivity contribution in [3.05, 3.63) is 30.1 Å². The van der Waals surface area contributed by atoms with Crippen LogP contribution in [0.1, 0.15) is 26.2 Å². The van der Waals surface area contributed by atoms with E-state index in [9.17, 15) is 14.0 Å². The molecule has 0 saturated heterocycles.